The maximum atomic E-state index is 12.3. The van der Waals surface area contributed by atoms with E-state index in [-0.39, 0.29) is 5.91 Å². The quantitative estimate of drug-likeness (QED) is 0.830. The van der Waals surface area contributed by atoms with Gasteiger partial charge in [0.25, 0.3) is 0 Å². The number of fused-ring (bicyclic) bond motifs is 2. The zero-order valence-electron chi connectivity index (χ0n) is 15.1. The minimum atomic E-state index is 0.0229. The number of amides is 1. The van der Waals surface area contributed by atoms with Gasteiger partial charge in [-0.3, -0.25) is 9.69 Å². The topological polar surface area (TPSA) is 32.3 Å². The van der Waals surface area contributed by atoms with E-state index in [9.17, 15) is 4.79 Å². The van der Waals surface area contributed by atoms with Gasteiger partial charge in [-0.2, -0.15) is 0 Å². The van der Waals surface area contributed by atoms with Crippen LogP contribution in [0.5, 0.6) is 0 Å². The molecule has 2 atom stereocenters. The van der Waals surface area contributed by atoms with Crippen molar-refractivity contribution in [1.29, 1.82) is 0 Å². The van der Waals surface area contributed by atoms with Crippen LogP contribution in [-0.2, 0) is 11.3 Å². The molecular weight excluding hydrogens is 320 g/mol. The number of carbonyl (C=O) groups excluding carboxylic acids is 1. The predicted molar refractivity (Wildman–Crippen MR) is 105 cm³/mol. The van der Waals surface area contributed by atoms with E-state index < -0.39 is 0 Å². The van der Waals surface area contributed by atoms with Crippen LogP contribution in [0.15, 0.2) is 66.7 Å². The van der Waals surface area contributed by atoms with Crippen LogP contribution in [0, 0.1) is 0 Å². The third-order valence-corrected chi connectivity index (χ3v) is 5.67. The summed E-state index contributed by atoms with van der Waals surface area (Å²) in [5.41, 5.74) is 2.44. The van der Waals surface area contributed by atoms with Crippen molar-refractivity contribution in [3.63, 3.8) is 0 Å². The van der Waals surface area contributed by atoms with Crippen molar-refractivity contribution in [3.05, 3.63) is 77.9 Å². The molecule has 0 aliphatic carbocycles. The van der Waals surface area contributed by atoms with Crippen molar-refractivity contribution in [2.24, 2.45) is 0 Å². The van der Waals surface area contributed by atoms with Crippen molar-refractivity contribution >= 4 is 12.0 Å². The molecule has 2 saturated heterocycles. The van der Waals surface area contributed by atoms with Crippen LogP contribution < -0.4 is 5.32 Å². The van der Waals surface area contributed by atoms with E-state index in [1.54, 1.807) is 6.08 Å². The van der Waals surface area contributed by atoms with Crippen LogP contribution in [0.1, 0.15) is 36.8 Å². The van der Waals surface area contributed by atoms with E-state index in [4.69, 9.17) is 0 Å². The van der Waals surface area contributed by atoms with E-state index in [0.29, 0.717) is 18.1 Å². The fraction of sp³-hybridized carbons (Fsp3) is 0.348. The van der Waals surface area contributed by atoms with Crippen molar-refractivity contribution in [3.8, 4) is 0 Å². The van der Waals surface area contributed by atoms with Crippen LogP contribution in [0.3, 0.4) is 0 Å². The molecule has 2 unspecified atom stereocenters. The number of piperidine rings is 1. The standard InChI is InChI=1S/C23H26N2O/c26-23(14-11-18-7-3-1-4-8-18)24-20-15-21-12-13-22(16-20)25(21)17-19-9-5-2-6-10-19/h1-11,14,20-22H,12-13,15-17H2,(H,24,26). The molecule has 2 fully saturated rings. The molecular formula is C23H26N2O. The van der Waals surface area contributed by atoms with E-state index in [1.165, 1.54) is 18.4 Å². The average Bonchev–Trinajstić information content (AvgIpc) is 2.90. The van der Waals surface area contributed by atoms with Crippen molar-refractivity contribution in [1.82, 2.24) is 10.2 Å². The summed E-state index contributed by atoms with van der Waals surface area (Å²) >= 11 is 0. The summed E-state index contributed by atoms with van der Waals surface area (Å²) < 4.78 is 0. The van der Waals surface area contributed by atoms with Gasteiger partial charge in [-0.05, 0) is 42.9 Å². The highest BCUT2D eigenvalue weighted by atomic mass is 16.1. The van der Waals surface area contributed by atoms with Crippen LogP contribution >= 0.6 is 0 Å². The Morgan fingerprint density at radius 3 is 2.23 bits per heavy atom. The Hall–Kier alpha value is -2.39. The van der Waals surface area contributed by atoms with Gasteiger partial charge >= 0.3 is 0 Å². The zero-order valence-corrected chi connectivity index (χ0v) is 15.1. The number of benzene rings is 2. The second kappa shape index (κ2) is 7.88. The Morgan fingerprint density at radius 2 is 1.58 bits per heavy atom. The fourth-order valence-electron chi connectivity index (χ4n) is 4.43. The van der Waals surface area contributed by atoms with Gasteiger partial charge in [0.1, 0.15) is 0 Å². The molecule has 26 heavy (non-hydrogen) atoms. The van der Waals surface area contributed by atoms with Gasteiger partial charge in [0.15, 0.2) is 0 Å². The summed E-state index contributed by atoms with van der Waals surface area (Å²) in [7, 11) is 0. The molecule has 4 rings (SSSR count). The molecule has 2 heterocycles. The molecule has 2 aromatic rings. The van der Waals surface area contributed by atoms with Crippen LogP contribution in [0.2, 0.25) is 0 Å². The Kier molecular flexibility index (Phi) is 5.16. The Morgan fingerprint density at radius 1 is 0.962 bits per heavy atom. The highest BCUT2D eigenvalue weighted by molar-refractivity contribution is 5.91. The third-order valence-electron chi connectivity index (χ3n) is 5.67. The Labute approximate surface area is 155 Å². The third kappa shape index (κ3) is 4.05. The number of nitrogens with one attached hydrogen (secondary N) is 1. The molecule has 2 bridgehead atoms. The molecule has 2 aliphatic rings. The highest BCUT2D eigenvalue weighted by Crippen LogP contribution is 2.36. The lowest BCUT2D eigenvalue weighted by Gasteiger charge is -2.39. The minimum absolute atomic E-state index is 0.0229. The van der Waals surface area contributed by atoms with Gasteiger partial charge in [0.05, 0.1) is 0 Å². The maximum absolute atomic E-state index is 12.3. The largest absolute Gasteiger partial charge is 0.350 e. The van der Waals surface area contributed by atoms with Gasteiger partial charge in [-0.1, -0.05) is 60.7 Å². The predicted octanol–water partition coefficient (Wildman–Crippen LogP) is 4.01. The lowest BCUT2D eigenvalue weighted by atomic mass is 9.96. The van der Waals surface area contributed by atoms with Crippen molar-refractivity contribution < 1.29 is 4.79 Å². The maximum Gasteiger partial charge on any atom is 0.244 e. The first-order valence-electron chi connectivity index (χ1n) is 9.61. The summed E-state index contributed by atoms with van der Waals surface area (Å²) in [5.74, 6) is 0.0229. The smallest absolute Gasteiger partial charge is 0.244 e. The SMILES string of the molecule is O=C(C=Cc1ccccc1)NC1CC2CCC(C1)N2Cc1ccccc1. The van der Waals surface area contributed by atoms with Gasteiger partial charge in [-0.25, -0.2) is 0 Å². The molecule has 0 saturated carbocycles. The monoisotopic (exact) mass is 346 g/mol. The first-order chi connectivity index (χ1) is 12.8. The highest BCUT2D eigenvalue weighted by Gasteiger charge is 2.40. The number of rotatable bonds is 5. The second-order valence-corrected chi connectivity index (χ2v) is 7.46. The zero-order chi connectivity index (χ0) is 17.8. The molecule has 134 valence electrons. The number of hydrogen-bond acceptors (Lipinski definition) is 2. The first kappa shape index (κ1) is 17.0. The van der Waals surface area contributed by atoms with Crippen molar-refractivity contribution in [2.75, 3.05) is 0 Å². The van der Waals surface area contributed by atoms with Gasteiger partial charge in [0.2, 0.25) is 5.91 Å². The van der Waals surface area contributed by atoms with Crippen molar-refractivity contribution in [2.45, 2.75) is 50.4 Å². The molecule has 3 heteroatoms. The van der Waals surface area contributed by atoms with Crippen LogP contribution in [0.25, 0.3) is 6.08 Å². The van der Waals surface area contributed by atoms with Gasteiger partial charge in [-0.15, -0.1) is 0 Å². The van der Waals surface area contributed by atoms with Gasteiger partial charge in [0, 0.05) is 30.7 Å². The second-order valence-electron chi connectivity index (χ2n) is 7.46. The average molecular weight is 346 g/mol. The normalized spacial score (nSPS) is 25.5. The summed E-state index contributed by atoms with van der Waals surface area (Å²) in [4.78, 5) is 14.9. The fourth-order valence-corrected chi connectivity index (χ4v) is 4.43. The Balaban J connectivity index is 1.32. The lowest BCUT2D eigenvalue weighted by Crippen LogP contribution is -2.49. The lowest BCUT2D eigenvalue weighted by molar-refractivity contribution is -0.117. The van der Waals surface area contributed by atoms with Gasteiger partial charge < -0.3 is 5.32 Å². The minimum Gasteiger partial charge on any atom is -0.350 e. The molecule has 3 nitrogen and oxygen atoms in total. The molecule has 0 aromatic heterocycles. The van der Waals surface area contributed by atoms with E-state index in [2.05, 4.69) is 40.5 Å². The summed E-state index contributed by atoms with van der Waals surface area (Å²) in [5, 5.41) is 3.22. The first-order valence-corrected chi connectivity index (χ1v) is 9.61. The summed E-state index contributed by atoms with van der Waals surface area (Å²) in [6.07, 6.45) is 8.18. The molecule has 2 aromatic carbocycles. The molecule has 0 spiro atoms. The van der Waals surface area contributed by atoms with E-state index >= 15 is 0 Å². The van der Waals surface area contributed by atoms with Crippen LogP contribution in [0.4, 0.5) is 0 Å². The molecule has 1 N–H and O–H groups in total. The molecule has 2 aliphatic heterocycles. The molecule has 0 radical (unpaired) electrons. The van der Waals surface area contributed by atoms with Crippen LogP contribution in [-0.4, -0.2) is 28.9 Å². The van der Waals surface area contributed by atoms with E-state index in [1.807, 2.05) is 36.4 Å². The number of carbonyl (C=O) groups is 1. The Bertz CT molecular complexity index is 742. The molecule has 1 amide bonds. The number of hydrogen-bond donors (Lipinski definition) is 1. The number of nitrogens with zero attached hydrogens (tertiary/aromatic N) is 1. The van der Waals surface area contributed by atoms with E-state index in [0.717, 1.165) is 24.9 Å². The summed E-state index contributed by atoms with van der Waals surface area (Å²) in [6, 6.07) is 22.2. The summed E-state index contributed by atoms with van der Waals surface area (Å²) in [6.45, 7) is 1.03.